The molecule has 0 saturated carbocycles. The normalized spacial score (nSPS) is 20.1. The molecule has 0 unspecified atom stereocenters. The fourth-order valence-corrected chi connectivity index (χ4v) is 2.30. The number of rotatable bonds is 0. The molecule has 2 heterocycles. The molecule has 0 N–H and O–H groups in total. The molecule has 15 heavy (non-hydrogen) atoms. The summed E-state index contributed by atoms with van der Waals surface area (Å²) in [5, 5.41) is 4.73. The van der Waals surface area contributed by atoms with E-state index in [4.69, 9.17) is 5.10 Å². The molecular formula is C13H22N2. The SMILES string of the molecule is CC(C)(C)c1cc2n(n1)CCCC2(C)C. The Labute approximate surface area is 92.7 Å². The minimum Gasteiger partial charge on any atom is -0.269 e. The first-order chi connectivity index (χ1) is 6.81. The fraction of sp³-hybridized carbons (Fsp3) is 0.769. The van der Waals surface area contributed by atoms with Crippen LogP contribution in [0.3, 0.4) is 0 Å². The molecule has 2 rings (SSSR count). The van der Waals surface area contributed by atoms with Gasteiger partial charge in [-0.2, -0.15) is 5.10 Å². The molecule has 1 aliphatic rings. The van der Waals surface area contributed by atoms with E-state index >= 15 is 0 Å². The van der Waals surface area contributed by atoms with Gasteiger partial charge in [-0.15, -0.1) is 0 Å². The Kier molecular flexibility index (Phi) is 2.21. The van der Waals surface area contributed by atoms with Crippen LogP contribution in [-0.4, -0.2) is 9.78 Å². The van der Waals surface area contributed by atoms with Crippen LogP contribution < -0.4 is 0 Å². The van der Waals surface area contributed by atoms with Crippen LogP contribution in [0.4, 0.5) is 0 Å². The summed E-state index contributed by atoms with van der Waals surface area (Å²) in [4.78, 5) is 0. The minimum absolute atomic E-state index is 0.167. The maximum absolute atomic E-state index is 4.73. The van der Waals surface area contributed by atoms with Gasteiger partial charge in [-0.3, -0.25) is 4.68 Å². The third-order valence-electron chi connectivity index (χ3n) is 3.41. The topological polar surface area (TPSA) is 17.8 Å². The van der Waals surface area contributed by atoms with Gasteiger partial charge in [-0.25, -0.2) is 0 Å². The molecule has 0 spiro atoms. The first kappa shape index (κ1) is 10.7. The smallest absolute Gasteiger partial charge is 0.0681 e. The second kappa shape index (κ2) is 3.10. The van der Waals surface area contributed by atoms with Gasteiger partial charge < -0.3 is 0 Å². The highest BCUT2D eigenvalue weighted by atomic mass is 15.3. The lowest BCUT2D eigenvalue weighted by molar-refractivity contribution is 0.342. The Morgan fingerprint density at radius 3 is 2.53 bits per heavy atom. The standard InChI is InChI=1S/C13H22N2/c1-12(2,3)10-9-11-13(4,5)7-6-8-15(11)14-10/h9H,6-8H2,1-5H3. The molecule has 84 valence electrons. The molecule has 1 aromatic rings. The van der Waals surface area contributed by atoms with Crippen LogP contribution >= 0.6 is 0 Å². The lowest BCUT2D eigenvalue weighted by Crippen LogP contribution is -2.27. The molecule has 1 aliphatic heterocycles. The van der Waals surface area contributed by atoms with Crippen LogP contribution in [0.1, 0.15) is 58.8 Å². The van der Waals surface area contributed by atoms with Gasteiger partial charge in [0.25, 0.3) is 0 Å². The molecule has 0 radical (unpaired) electrons. The van der Waals surface area contributed by atoms with Gasteiger partial charge in [0.15, 0.2) is 0 Å². The van der Waals surface area contributed by atoms with Crippen molar-refractivity contribution >= 4 is 0 Å². The quantitative estimate of drug-likeness (QED) is 0.637. The second-order valence-corrected chi connectivity index (χ2v) is 6.38. The number of aryl methyl sites for hydroxylation is 1. The summed E-state index contributed by atoms with van der Waals surface area (Å²) in [6.45, 7) is 12.4. The van der Waals surface area contributed by atoms with Crippen molar-refractivity contribution in [1.29, 1.82) is 0 Å². The van der Waals surface area contributed by atoms with Crippen molar-refractivity contribution in [2.75, 3.05) is 0 Å². The summed E-state index contributed by atoms with van der Waals surface area (Å²) >= 11 is 0. The minimum atomic E-state index is 0.167. The van der Waals surface area contributed by atoms with Crippen molar-refractivity contribution in [3.8, 4) is 0 Å². The highest BCUT2D eigenvalue weighted by Crippen LogP contribution is 2.35. The Bertz CT molecular complexity index is 366. The van der Waals surface area contributed by atoms with E-state index in [-0.39, 0.29) is 5.41 Å². The monoisotopic (exact) mass is 206 g/mol. The Morgan fingerprint density at radius 1 is 1.33 bits per heavy atom. The summed E-state index contributed by atoms with van der Waals surface area (Å²) in [6, 6.07) is 2.30. The molecule has 0 atom stereocenters. The van der Waals surface area contributed by atoms with Crippen LogP contribution in [0.15, 0.2) is 6.07 Å². The molecule has 0 aliphatic carbocycles. The van der Waals surface area contributed by atoms with E-state index in [0.717, 1.165) is 6.54 Å². The van der Waals surface area contributed by atoms with E-state index in [2.05, 4.69) is 45.4 Å². The van der Waals surface area contributed by atoms with Gasteiger partial charge in [-0.05, 0) is 18.9 Å². The molecule has 0 bridgehead atoms. The zero-order valence-electron chi connectivity index (χ0n) is 10.6. The lowest BCUT2D eigenvalue weighted by Gasteiger charge is -2.30. The van der Waals surface area contributed by atoms with Crippen LogP contribution in [0, 0.1) is 0 Å². The van der Waals surface area contributed by atoms with Crippen molar-refractivity contribution in [2.45, 2.75) is 64.8 Å². The van der Waals surface area contributed by atoms with Gasteiger partial charge in [-0.1, -0.05) is 34.6 Å². The average molecular weight is 206 g/mol. The van der Waals surface area contributed by atoms with E-state index in [1.165, 1.54) is 24.2 Å². The third-order valence-corrected chi connectivity index (χ3v) is 3.41. The van der Waals surface area contributed by atoms with E-state index in [0.29, 0.717) is 5.41 Å². The predicted octanol–water partition coefficient (Wildman–Crippen LogP) is 3.25. The lowest BCUT2D eigenvalue weighted by atomic mass is 9.81. The summed E-state index contributed by atoms with van der Waals surface area (Å²) in [6.07, 6.45) is 2.54. The summed E-state index contributed by atoms with van der Waals surface area (Å²) < 4.78 is 2.21. The number of aromatic nitrogens is 2. The summed E-state index contributed by atoms with van der Waals surface area (Å²) in [7, 11) is 0. The zero-order valence-corrected chi connectivity index (χ0v) is 10.6. The van der Waals surface area contributed by atoms with Crippen LogP contribution in [0.2, 0.25) is 0 Å². The number of fused-ring (bicyclic) bond motifs is 1. The van der Waals surface area contributed by atoms with Gasteiger partial charge >= 0.3 is 0 Å². The molecular weight excluding hydrogens is 184 g/mol. The van der Waals surface area contributed by atoms with Crippen molar-refractivity contribution in [2.24, 2.45) is 0 Å². The third kappa shape index (κ3) is 1.82. The van der Waals surface area contributed by atoms with E-state index in [9.17, 15) is 0 Å². The molecule has 0 amide bonds. The van der Waals surface area contributed by atoms with Gasteiger partial charge in [0.05, 0.1) is 5.69 Å². The van der Waals surface area contributed by atoms with E-state index in [1.807, 2.05) is 0 Å². The Balaban J connectivity index is 2.47. The molecule has 0 saturated heterocycles. The van der Waals surface area contributed by atoms with Crippen molar-refractivity contribution in [3.63, 3.8) is 0 Å². The summed E-state index contributed by atoms with van der Waals surface area (Å²) in [5.74, 6) is 0. The van der Waals surface area contributed by atoms with Gasteiger partial charge in [0, 0.05) is 23.1 Å². The molecule has 1 aromatic heterocycles. The van der Waals surface area contributed by atoms with Crippen molar-refractivity contribution in [3.05, 3.63) is 17.5 Å². The Morgan fingerprint density at radius 2 is 2.00 bits per heavy atom. The maximum Gasteiger partial charge on any atom is 0.0681 e. The number of nitrogens with zero attached hydrogens (tertiary/aromatic N) is 2. The molecule has 0 fully saturated rings. The first-order valence-electron chi connectivity index (χ1n) is 5.89. The van der Waals surface area contributed by atoms with Crippen molar-refractivity contribution < 1.29 is 0 Å². The fourth-order valence-electron chi connectivity index (χ4n) is 2.30. The predicted molar refractivity (Wildman–Crippen MR) is 63.2 cm³/mol. The van der Waals surface area contributed by atoms with Crippen LogP contribution in [0.25, 0.3) is 0 Å². The maximum atomic E-state index is 4.73. The molecule has 2 nitrogen and oxygen atoms in total. The van der Waals surface area contributed by atoms with Gasteiger partial charge in [0.2, 0.25) is 0 Å². The Hall–Kier alpha value is -0.790. The number of hydrogen-bond donors (Lipinski definition) is 0. The summed E-state index contributed by atoms with van der Waals surface area (Å²) in [5.41, 5.74) is 3.11. The van der Waals surface area contributed by atoms with E-state index < -0.39 is 0 Å². The highest BCUT2D eigenvalue weighted by molar-refractivity contribution is 5.24. The largest absolute Gasteiger partial charge is 0.269 e. The average Bonchev–Trinajstić information content (AvgIpc) is 2.47. The highest BCUT2D eigenvalue weighted by Gasteiger charge is 2.31. The van der Waals surface area contributed by atoms with Gasteiger partial charge in [0.1, 0.15) is 0 Å². The van der Waals surface area contributed by atoms with E-state index in [1.54, 1.807) is 0 Å². The first-order valence-corrected chi connectivity index (χ1v) is 5.89. The molecule has 0 aromatic carbocycles. The zero-order chi connectivity index (χ0) is 11.3. The van der Waals surface area contributed by atoms with Crippen LogP contribution in [-0.2, 0) is 17.4 Å². The number of hydrogen-bond acceptors (Lipinski definition) is 1. The van der Waals surface area contributed by atoms with Crippen LogP contribution in [0.5, 0.6) is 0 Å². The van der Waals surface area contributed by atoms with Crippen molar-refractivity contribution in [1.82, 2.24) is 9.78 Å². The molecule has 2 heteroatoms. The second-order valence-electron chi connectivity index (χ2n) is 6.38.